The Bertz CT molecular complexity index is 165. The Kier molecular flexibility index (Phi) is 5.13. The van der Waals surface area contributed by atoms with Gasteiger partial charge in [0.1, 0.15) is 0 Å². The average Bonchev–Trinajstić information content (AvgIpc) is 2.56. The Hall–Kier alpha value is 0.137. The van der Waals surface area contributed by atoms with E-state index in [0.717, 1.165) is 0 Å². The first-order chi connectivity index (χ1) is 6.73. The van der Waals surface area contributed by atoms with Gasteiger partial charge in [-0.3, -0.25) is 0 Å². The SMILES string of the molecule is CCCCCCN1CCC[Si]1(C)OC. The second kappa shape index (κ2) is 5.88. The van der Waals surface area contributed by atoms with Crippen LogP contribution in [0.1, 0.15) is 39.0 Å². The van der Waals surface area contributed by atoms with Crippen molar-refractivity contribution < 1.29 is 4.43 Å². The fourth-order valence-electron chi connectivity index (χ4n) is 2.30. The molecule has 0 saturated carbocycles. The van der Waals surface area contributed by atoms with E-state index in [1.165, 1.54) is 51.2 Å². The first-order valence-electron chi connectivity index (χ1n) is 6.03. The van der Waals surface area contributed by atoms with Gasteiger partial charge in [0.2, 0.25) is 0 Å². The summed E-state index contributed by atoms with van der Waals surface area (Å²) in [6.07, 6.45) is 6.82. The molecule has 1 atom stereocenters. The molecule has 1 unspecified atom stereocenters. The third-order valence-corrected chi connectivity index (χ3v) is 7.40. The zero-order chi connectivity index (χ0) is 10.4. The van der Waals surface area contributed by atoms with Crippen molar-refractivity contribution in [2.45, 2.75) is 51.6 Å². The van der Waals surface area contributed by atoms with Gasteiger partial charge in [-0.15, -0.1) is 0 Å². The largest absolute Gasteiger partial charge is 0.406 e. The number of rotatable bonds is 6. The van der Waals surface area contributed by atoms with Crippen LogP contribution < -0.4 is 0 Å². The topological polar surface area (TPSA) is 12.5 Å². The van der Waals surface area contributed by atoms with Crippen molar-refractivity contribution in [3.63, 3.8) is 0 Å². The Morgan fingerprint density at radius 3 is 2.71 bits per heavy atom. The lowest BCUT2D eigenvalue weighted by atomic mass is 10.2. The summed E-state index contributed by atoms with van der Waals surface area (Å²) < 4.78 is 8.37. The minimum Gasteiger partial charge on any atom is -0.406 e. The second-order valence-electron chi connectivity index (χ2n) is 4.53. The van der Waals surface area contributed by atoms with Crippen LogP contribution in [0.2, 0.25) is 12.6 Å². The number of unbranched alkanes of at least 4 members (excludes halogenated alkanes) is 3. The van der Waals surface area contributed by atoms with Crippen LogP contribution >= 0.6 is 0 Å². The van der Waals surface area contributed by atoms with Crippen molar-refractivity contribution in [3.8, 4) is 0 Å². The molecular formula is C11H25NOSi. The lowest BCUT2D eigenvalue weighted by Gasteiger charge is -2.31. The van der Waals surface area contributed by atoms with Crippen LogP contribution in [0.25, 0.3) is 0 Å². The van der Waals surface area contributed by atoms with E-state index in [-0.39, 0.29) is 0 Å². The van der Waals surface area contributed by atoms with E-state index in [9.17, 15) is 0 Å². The molecule has 1 aliphatic heterocycles. The predicted molar refractivity (Wildman–Crippen MR) is 63.8 cm³/mol. The monoisotopic (exact) mass is 215 g/mol. The summed E-state index contributed by atoms with van der Waals surface area (Å²) in [5.74, 6) is 0. The molecule has 0 N–H and O–H groups in total. The lowest BCUT2D eigenvalue weighted by molar-refractivity contribution is 0.312. The molecule has 0 amide bonds. The molecule has 0 bridgehead atoms. The molecule has 0 aromatic heterocycles. The molecule has 14 heavy (non-hydrogen) atoms. The molecule has 1 fully saturated rings. The molecule has 1 rings (SSSR count). The van der Waals surface area contributed by atoms with Gasteiger partial charge in [-0.05, 0) is 38.5 Å². The van der Waals surface area contributed by atoms with E-state index in [2.05, 4.69) is 18.0 Å². The fourth-order valence-corrected chi connectivity index (χ4v) is 5.16. The van der Waals surface area contributed by atoms with E-state index in [0.29, 0.717) is 0 Å². The average molecular weight is 215 g/mol. The summed E-state index contributed by atoms with van der Waals surface area (Å²) in [7, 11) is 0.483. The quantitative estimate of drug-likeness (QED) is 0.499. The van der Waals surface area contributed by atoms with Crippen molar-refractivity contribution in [2.24, 2.45) is 0 Å². The molecule has 0 aliphatic carbocycles. The van der Waals surface area contributed by atoms with Gasteiger partial charge in [-0.1, -0.05) is 26.2 Å². The zero-order valence-electron chi connectivity index (χ0n) is 10.0. The van der Waals surface area contributed by atoms with E-state index in [1.807, 2.05) is 7.11 Å². The minimum absolute atomic E-state index is 1.27. The van der Waals surface area contributed by atoms with Crippen LogP contribution in [0, 0.1) is 0 Å². The Morgan fingerprint density at radius 1 is 1.29 bits per heavy atom. The maximum atomic E-state index is 5.73. The summed E-state index contributed by atoms with van der Waals surface area (Å²) in [5.41, 5.74) is 0. The van der Waals surface area contributed by atoms with Gasteiger partial charge in [0.05, 0.1) is 0 Å². The van der Waals surface area contributed by atoms with Gasteiger partial charge >= 0.3 is 0 Å². The van der Waals surface area contributed by atoms with E-state index < -0.39 is 8.48 Å². The van der Waals surface area contributed by atoms with Crippen molar-refractivity contribution in [3.05, 3.63) is 0 Å². The van der Waals surface area contributed by atoms with Crippen molar-refractivity contribution >= 4 is 8.48 Å². The van der Waals surface area contributed by atoms with Gasteiger partial charge in [-0.25, -0.2) is 0 Å². The molecule has 1 aliphatic rings. The number of nitrogens with zero attached hydrogens (tertiary/aromatic N) is 1. The van der Waals surface area contributed by atoms with Gasteiger partial charge in [0.25, 0.3) is 8.48 Å². The molecule has 84 valence electrons. The van der Waals surface area contributed by atoms with Gasteiger partial charge in [0, 0.05) is 7.11 Å². The first-order valence-corrected chi connectivity index (χ1v) is 8.59. The van der Waals surface area contributed by atoms with E-state index in [4.69, 9.17) is 4.43 Å². The summed E-state index contributed by atoms with van der Waals surface area (Å²) in [5, 5.41) is 0. The van der Waals surface area contributed by atoms with Crippen molar-refractivity contribution in [2.75, 3.05) is 20.2 Å². The van der Waals surface area contributed by atoms with Gasteiger partial charge < -0.3 is 8.99 Å². The van der Waals surface area contributed by atoms with Crippen molar-refractivity contribution in [1.82, 2.24) is 4.57 Å². The maximum Gasteiger partial charge on any atom is 0.267 e. The highest BCUT2D eigenvalue weighted by Crippen LogP contribution is 2.26. The van der Waals surface area contributed by atoms with Crippen LogP contribution in [0.3, 0.4) is 0 Å². The van der Waals surface area contributed by atoms with E-state index in [1.54, 1.807) is 0 Å². The van der Waals surface area contributed by atoms with Gasteiger partial charge in [0.15, 0.2) is 0 Å². The van der Waals surface area contributed by atoms with Crippen LogP contribution in [-0.2, 0) is 4.43 Å². The van der Waals surface area contributed by atoms with Crippen LogP contribution in [0.15, 0.2) is 0 Å². The third-order valence-electron chi connectivity index (χ3n) is 3.46. The predicted octanol–water partition coefficient (Wildman–Crippen LogP) is 2.99. The molecule has 0 spiro atoms. The summed E-state index contributed by atoms with van der Waals surface area (Å²) >= 11 is 0. The molecule has 1 heterocycles. The molecule has 2 nitrogen and oxygen atoms in total. The zero-order valence-corrected chi connectivity index (χ0v) is 11.0. The minimum atomic E-state index is -1.42. The Balaban J connectivity index is 2.22. The molecule has 3 heteroatoms. The maximum absolute atomic E-state index is 5.73. The third kappa shape index (κ3) is 3.07. The van der Waals surface area contributed by atoms with E-state index >= 15 is 0 Å². The Labute approximate surface area is 89.8 Å². The lowest BCUT2D eigenvalue weighted by Crippen LogP contribution is -2.48. The number of hydrogen-bond acceptors (Lipinski definition) is 2. The fraction of sp³-hybridized carbons (Fsp3) is 1.00. The Morgan fingerprint density at radius 2 is 2.07 bits per heavy atom. The standard InChI is InChI=1S/C11H25NOSi/c1-4-5-6-7-9-12-10-8-11-14(12,3)13-2/h4-11H2,1-3H3. The summed E-state index contributed by atoms with van der Waals surface area (Å²) in [6.45, 7) is 7.18. The van der Waals surface area contributed by atoms with Crippen LogP contribution in [0.4, 0.5) is 0 Å². The van der Waals surface area contributed by atoms with Crippen molar-refractivity contribution in [1.29, 1.82) is 0 Å². The summed E-state index contributed by atoms with van der Waals surface area (Å²) in [4.78, 5) is 0. The highest BCUT2D eigenvalue weighted by atomic mass is 28.4. The van der Waals surface area contributed by atoms with Crippen LogP contribution in [-0.4, -0.2) is 33.2 Å². The second-order valence-corrected chi connectivity index (χ2v) is 8.42. The highest BCUT2D eigenvalue weighted by Gasteiger charge is 2.39. The smallest absolute Gasteiger partial charge is 0.267 e. The number of hydrogen-bond donors (Lipinski definition) is 0. The molecule has 1 saturated heterocycles. The van der Waals surface area contributed by atoms with Gasteiger partial charge in [-0.2, -0.15) is 0 Å². The molecule has 0 radical (unpaired) electrons. The molecule has 0 aromatic carbocycles. The normalized spacial score (nSPS) is 28.5. The molecular weight excluding hydrogens is 190 g/mol. The first kappa shape index (κ1) is 12.2. The van der Waals surface area contributed by atoms with Crippen LogP contribution in [0.5, 0.6) is 0 Å². The highest BCUT2D eigenvalue weighted by molar-refractivity contribution is 6.70. The summed E-state index contributed by atoms with van der Waals surface area (Å²) in [6, 6.07) is 1.33. The molecule has 0 aromatic rings.